The molecule has 0 spiro atoms. The molecule has 0 aromatic carbocycles. The van der Waals surface area contributed by atoms with Gasteiger partial charge in [0.1, 0.15) is 18.0 Å². The van der Waals surface area contributed by atoms with Crippen molar-refractivity contribution >= 4 is 5.82 Å². The first kappa shape index (κ1) is 13.1. The minimum Gasteiger partial charge on any atom is -0.355 e. The number of rotatable bonds is 4. The van der Waals surface area contributed by atoms with Crippen LogP contribution in [0, 0.1) is 0 Å². The van der Waals surface area contributed by atoms with Crippen molar-refractivity contribution in [1.29, 1.82) is 0 Å². The molecule has 6 heteroatoms. The lowest BCUT2D eigenvalue weighted by Crippen LogP contribution is -2.46. The van der Waals surface area contributed by atoms with E-state index >= 15 is 0 Å². The van der Waals surface area contributed by atoms with E-state index in [1.165, 1.54) is 12.8 Å². The Labute approximate surface area is 118 Å². The predicted octanol–water partition coefficient (Wildman–Crippen LogP) is 0.969. The summed E-state index contributed by atoms with van der Waals surface area (Å²) in [7, 11) is 2.03. The van der Waals surface area contributed by atoms with Crippen molar-refractivity contribution in [3.8, 4) is 0 Å². The number of piperidine rings is 1. The molecule has 1 aliphatic heterocycles. The SMILES string of the molecule is Cn1ccnc1CNC1CCCN(c2ccncn2)C1. The van der Waals surface area contributed by atoms with Crippen LogP contribution in [0.2, 0.25) is 0 Å². The molecule has 1 fully saturated rings. The second kappa shape index (κ2) is 6.00. The Bertz CT molecular complexity index is 538. The average molecular weight is 272 g/mol. The third-order valence-electron chi connectivity index (χ3n) is 3.78. The van der Waals surface area contributed by atoms with Crippen LogP contribution in [0.3, 0.4) is 0 Å². The Morgan fingerprint density at radius 3 is 3.05 bits per heavy atom. The van der Waals surface area contributed by atoms with Crippen molar-refractivity contribution in [2.45, 2.75) is 25.4 Å². The van der Waals surface area contributed by atoms with Crippen molar-refractivity contribution in [3.63, 3.8) is 0 Å². The minimum atomic E-state index is 0.482. The standard InChI is InChI=1S/C14H20N6/c1-19-8-6-16-14(19)9-17-12-3-2-7-20(10-12)13-4-5-15-11-18-13/h4-6,8,11-12,17H,2-3,7,9-10H2,1H3. The number of nitrogens with one attached hydrogen (secondary N) is 1. The van der Waals surface area contributed by atoms with Crippen molar-refractivity contribution in [1.82, 2.24) is 24.8 Å². The van der Waals surface area contributed by atoms with Crippen LogP contribution >= 0.6 is 0 Å². The number of hydrogen-bond acceptors (Lipinski definition) is 5. The fourth-order valence-electron chi connectivity index (χ4n) is 2.63. The number of anilines is 1. The topological polar surface area (TPSA) is 58.9 Å². The summed E-state index contributed by atoms with van der Waals surface area (Å²) in [6.45, 7) is 2.87. The Balaban J connectivity index is 1.57. The molecule has 6 nitrogen and oxygen atoms in total. The van der Waals surface area contributed by atoms with Crippen LogP contribution in [0.1, 0.15) is 18.7 Å². The van der Waals surface area contributed by atoms with Crippen molar-refractivity contribution in [3.05, 3.63) is 36.8 Å². The Hall–Kier alpha value is -1.95. The van der Waals surface area contributed by atoms with E-state index in [1.54, 1.807) is 12.5 Å². The van der Waals surface area contributed by atoms with Gasteiger partial charge in [-0.3, -0.25) is 0 Å². The first-order chi connectivity index (χ1) is 9.83. The first-order valence-electron chi connectivity index (χ1n) is 7.03. The van der Waals surface area contributed by atoms with Gasteiger partial charge in [0.05, 0.1) is 6.54 Å². The van der Waals surface area contributed by atoms with Gasteiger partial charge < -0.3 is 14.8 Å². The smallest absolute Gasteiger partial charge is 0.131 e. The second-order valence-electron chi connectivity index (χ2n) is 5.19. The Kier molecular flexibility index (Phi) is 3.92. The van der Waals surface area contributed by atoms with Gasteiger partial charge in [-0.1, -0.05) is 0 Å². The van der Waals surface area contributed by atoms with Gasteiger partial charge >= 0.3 is 0 Å². The molecule has 2 aromatic rings. The number of nitrogens with zero attached hydrogens (tertiary/aromatic N) is 5. The number of hydrogen-bond donors (Lipinski definition) is 1. The zero-order chi connectivity index (χ0) is 13.8. The zero-order valence-corrected chi connectivity index (χ0v) is 11.7. The number of aromatic nitrogens is 4. The molecule has 2 aromatic heterocycles. The highest BCUT2D eigenvalue weighted by molar-refractivity contribution is 5.37. The fourth-order valence-corrected chi connectivity index (χ4v) is 2.63. The molecular weight excluding hydrogens is 252 g/mol. The second-order valence-corrected chi connectivity index (χ2v) is 5.19. The molecule has 0 aliphatic carbocycles. The lowest BCUT2D eigenvalue weighted by atomic mass is 10.1. The summed E-state index contributed by atoms with van der Waals surface area (Å²) < 4.78 is 2.05. The summed E-state index contributed by atoms with van der Waals surface area (Å²) >= 11 is 0. The summed E-state index contributed by atoms with van der Waals surface area (Å²) in [4.78, 5) is 15.0. The van der Waals surface area contributed by atoms with Gasteiger partial charge in [-0.05, 0) is 18.9 Å². The summed E-state index contributed by atoms with van der Waals surface area (Å²) in [6.07, 6.45) is 9.61. The first-order valence-corrected chi connectivity index (χ1v) is 7.03. The molecule has 0 bridgehead atoms. The normalized spacial score (nSPS) is 19.2. The largest absolute Gasteiger partial charge is 0.355 e. The van der Waals surface area contributed by atoms with E-state index in [1.807, 2.05) is 25.5 Å². The summed E-state index contributed by atoms with van der Waals surface area (Å²) in [6, 6.07) is 2.46. The van der Waals surface area contributed by atoms with Crippen LogP contribution in [-0.2, 0) is 13.6 Å². The maximum Gasteiger partial charge on any atom is 0.131 e. The lowest BCUT2D eigenvalue weighted by molar-refractivity contribution is 0.413. The Morgan fingerprint density at radius 1 is 1.35 bits per heavy atom. The monoisotopic (exact) mass is 272 g/mol. The highest BCUT2D eigenvalue weighted by Gasteiger charge is 2.20. The molecule has 0 radical (unpaired) electrons. The zero-order valence-electron chi connectivity index (χ0n) is 11.7. The van der Waals surface area contributed by atoms with Gasteiger partial charge in [-0.25, -0.2) is 15.0 Å². The quantitative estimate of drug-likeness (QED) is 0.898. The van der Waals surface area contributed by atoms with Crippen LogP contribution in [0.5, 0.6) is 0 Å². The third kappa shape index (κ3) is 2.96. The molecule has 106 valence electrons. The molecule has 1 N–H and O–H groups in total. The number of aryl methyl sites for hydroxylation is 1. The molecule has 1 aliphatic rings. The van der Waals surface area contributed by atoms with Crippen LogP contribution in [-0.4, -0.2) is 38.7 Å². The van der Waals surface area contributed by atoms with Crippen LogP contribution in [0.25, 0.3) is 0 Å². The van der Waals surface area contributed by atoms with Crippen LogP contribution in [0.4, 0.5) is 5.82 Å². The van der Waals surface area contributed by atoms with E-state index in [-0.39, 0.29) is 0 Å². The van der Waals surface area contributed by atoms with Gasteiger partial charge in [0.25, 0.3) is 0 Å². The molecular formula is C14H20N6. The van der Waals surface area contributed by atoms with Crippen LogP contribution < -0.4 is 10.2 Å². The molecule has 1 saturated heterocycles. The van der Waals surface area contributed by atoms with Crippen molar-refractivity contribution < 1.29 is 0 Å². The summed E-state index contributed by atoms with van der Waals surface area (Å²) in [5, 5.41) is 3.60. The van der Waals surface area contributed by atoms with Crippen molar-refractivity contribution in [2.75, 3.05) is 18.0 Å². The maximum atomic E-state index is 4.34. The predicted molar refractivity (Wildman–Crippen MR) is 77.3 cm³/mol. The third-order valence-corrected chi connectivity index (χ3v) is 3.78. The molecule has 1 atom stereocenters. The van der Waals surface area contributed by atoms with Gasteiger partial charge in [-0.15, -0.1) is 0 Å². The molecule has 0 saturated carbocycles. The number of imidazole rings is 1. The van der Waals surface area contributed by atoms with Crippen LogP contribution in [0.15, 0.2) is 31.0 Å². The van der Waals surface area contributed by atoms with Gasteiger partial charge in [-0.2, -0.15) is 0 Å². The van der Waals surface area contributed by atoms with E-state index in [0.29, 0.717) is 6.04 Å². The summed E-state index contributed by atoms with van der Waals surface area (Å²) in [5.41, 5.74) is 0. The lowest BCUT2D eigenvalue weighted by Gasteiger charge is -2.33. The van der Waals surface area contributed by atoms with E-state index < -0.39 is 0 Å². The van der Waals surface area contributed by atoms with Gasteiger partial charge in [0, 0.05) is 44.8 Å². The molecule has 3 rings (SSSR count). The Morgan fingerprint density at radius 2 is 2.30 bits per heavy atom. The van der Waals surface area contributed by atoms with Crippen molar-refractivity contribution in [2.24, 2.45) is 7.05 Å². The van der Waals surface area contributed by atoms with Gasteiger partial charge in [0.15, 0.2) is 0 Å². The van der Waals surface area contributed by atoms with Gasteiger partial charge in [0.2, 0.25) is 0 Å². The highest BCUT2D eigenvalue weighted by atomic mass is 15.2. The molecule has 3 heterocycles. The molecule has 1 unspecified atom stereocenters. The van der Waals surface area contributed by atoms with E-state index in [4.69, 9.17) is 0 Å². The van der Waals surface area contributed by atoms with E-state index in [0.717, 1.165) is 31.3 Å². The van der Waals surface area contributed by atoms with E-state index in [9.17, 15) is 0 Å². The highest BCUT2D eigenvalue weighted by Crippen LogP contribution is 2.16. The average Bonchev–Trinajstić information content (AvgIpc) is 2.92. The molecule has 0 amide bonds. The minimum absolute atomic E-state index is 0.482. The maximum absolute atomic E-state index is 4.34. The fraction of sp³-hybridized carbons (Fsp3) is 0.500. The summed E-state index contributed by atoms with van der Waals surface area (Å²) in [5.74, 6) is 2.09. The molecule has 20 heavy (non-hydrogen) atoms. The van der Waals surface area contributed by atoms with E-state index in [2.05, 4.69) is 29.7 Å².